The first-order valence-corrected chi connectivity index (χ1v) is 6.69. The van der Waals surface area contributed by atoms with Gasteiger partial charge in [-0.2, -0.15) is 0 Å². The number of aromatic carboxylic acids is 1. The molecule has 21 heavy (non-hydrogen) atoms. The van der Waals surface area contributed by atoms with E-state index in [1.54, 1.807) is 24.4 Å². The molecule has 0 aliphatic rings. The molecule has 5 heteroatoms. The van der Waals surface area contributed by atoms with Crippen LogP contribution < -0.4 is 0 Å². The van der Waals surface area contributed by atoms with Gasteiger partial charge in [0.2, 0.25) is 0 Å². The van der Waals surface area contributed by atoms with Gasteiger partial charge in [0.15, 0.2) is 0 Å². The van der Waals surface area contributed by atoms with Crippen LogP contribution in [0.3, 0.4) is 0 Å². The number of benzene rings is 2. The molecule has 0 saturated carbocycles. The Labute approximate surface area is 125 Å². The van der Waals surface area contributed by atoms with Crippen LogP contribution in [0, 0.1) is 5.82 Å². The summed E-state index contributed by atoms with van der Waals surface area (Å²) in [5, 5.41) is 9.86. The van der Waals surface area contributed by atoms with Gasteiger partial charge in [-0.05, 0) is 35.9 Å². The number of carbonyl (C=O) groups is 1. The fourth-order valence-corrected chi connectivity index (χ4v) is 2.56. The lowest BCUT2D eigenvalue weighted by Gasteiger charge is -2.08. The Hall–Kier alpha value is -2.33. The van der Waals surface area contributed by atoms with E-state index in [1.165, 1.54) is 18.2 Å². The van der Waals surface area contributed by atoms with Crippen LogP contribution in [0.2, 0.25) is 5.02 Å². The van der Waals surface area contributed by atoms with Crippen LogP contribution >= 0.6 is 11.6 Å². The number of hydrogen-bond donors (Lipinski definition) is 1. The number of nitrogens with zero attached hydrogens (tertiary/aromatic N) is 1. The van der Waals surface area contributed by atoms with Crippen LogP contribution in [-0.2, 0) is 6.54 Å². The minimum atomic E-state index is -1.02. The van der Waals surface area contributed by atoms with Crippen LogP contribution in [0.15, 0.2) is 48.7 Å². The molecular weight excluding hydrogens is 293 g/mol. The Morgan fingerprint density at radius 1 is 1.24 bits per heavy atom. The number of carboxylic acids is 1. The van der Waals surface area contributed by atoms with Crippen LogP contribution in [0.25, 0.3) is 10.9 Å². The molecule has 0 bridgehead atoms. The average Bonchev–Trinajstić information content (AvgIpc) is 2.85. The van der Waals surface area contributed by atoms with Crippen molar-refractivity contribution >= 4 is 28.5 Å². The van der Waals surface area contributed by atoms with E-state index < -0.39 is 5.97 Å². The van der Waals surface area contributed by atoms with Crippen molar-refractivity contribution in [2.75, 3.05) is 0 Å². The molecule has 0 aliphatic carbocycles. The fourth-order valence-electron chi connectivity index (χ4n) is 2.32. The van der Waals surface area contributed by atoms with Crippen molar-refractivity contribution < 1.29 is 14.3 Å². The molecule has 2 aromatic carbocycles. The highest BCUT2D eigenvalue weighted by molar-refractivity contribution is 6.31. The molecule has 0 amide bonds. The molecule has 0 atom stereocenters. The van der Waals surface area contributed by atoms with Crippen LogP contribution in [0.5, 0.6) is 0 Å². The summed E-state index contributed by atoms with van der Waals surface area (Å²) in [6.45, 7) is 0.450. The summed E-state index contributed by atoms with van der Waals surface area (Å²) < 4.78 is 15.5. The zero-order valence-corrected chi connectivity index (χ0v) is 11.6. The standard InChI is InChI=1S/C16H11ClFNO2/c17-13-8-10(16(20)21)4-5-11(13)9-19-7-6-12-14(18)2-1-3-15(12)19/h1-8H,9H2,(H,20,21). The van der Waals surface area contributed by atoms with E-state index in [9.17, 15) is 9.18 Å². The van der Waals surface area contributed by atoms with E-state index in [-0.39, 0.29) is 11.4 Å². The van der Waals surface area contributed by atoms with Crippen molar-refractivity contribution in [3.8, 4) is 0 Å². The van der Waals surface area contributed by atoms with Crippen molar-refractivity contribution in [2.24, 2.45) is 0 Å². The number of carboxylic acid groups (broad SMARTS) is 1. The molecule has 0 unspecified atom stereocenters. The van der Waals surface area contributed by atoms with Gasteiger partial charge in [0.25, 0.3) is 0 Å². The number of aromatic nitrogens is 1. The first kappa shape index (κ1) is 13.6. The van der Waals surface area contributed by atoms with Gasteiger partial charge in [0.1, 0.15) is 5.82 Å². The third kappa shape index (κ3) is 2.50. The molecule has 3 aromatic rings. The van der Waals surface area contributed by atoms with E-state index in [0.717, 1.165) is 11.1 Å². The summed E-state index contributed by atoms with van der Waals surface area (Å²) in [6, 6.07) is 11.2. The second kappa shape index (κ2) is 5.22. The Balaban J connectivity index is 1.99. The van der Waals surface area contributed by atoms with Crippen molar-refractivity contribution in [1.82, 2.24) is 4.57 Å². The van der Waals surface area contributed by atoms with E-state index in [1.807, 2.05) is 10.6 Å². The molecule has 0 radical (unpaired) electrons. The number of fused-ring (bicyclic) bond motifs is 1. The van der Waals surface area contributed by atoms with Gasteiger partial charge in [0, 0.05) is 23.2 Å². The van der Waals surface area contributed by atoms with Crippen molar-refractivity contribution in [2.45, 2.75) is 6.54 Å². The largest absolute Gasteiger partial charge is 0.478 e. The van der Waals surface area contributed by atoms with Crippen molar-refractivity contribution in [3.63, 3.8) is 0 Å². The average molecular weight is 304 g/mol. The molecule has 3 rings (SSSR count). The summed E-state index contributed by atoms with van der Waals surface area (Å²) in [6.07, 6.45) is 1.79. The summed E-state index contributed by atoms with van der Waals surface area (Å²) >= 11 is 6.12. The third-order valence-electron chi connectivity index (χ3n) is 3.40. The molecule has 1 heterocycles. The normalized spacial score (nSPS) is 11.0. The fraction of sp³-hybridized carbons (Fsp3) is 0.0625. The second-order valence-corrected chi connectivity index (χ2v) is 5.13. The smallest absolute Gasteiger partial charge is 0.335 e. The summed E-state index contributed by atoms with van der Waals surface area (Å²) in [5.74, 6) is -1.28. The molecule has 1 N–H and O–H groups in total. The predicted octanol–water partition coefficient (Wildman–Crippen LogP) is 4.18. The first-order chi connectivity index (χ1) is 10.1. The van der Waals surface area contributed by atoms with E-state index in [2.05, 4.69) is 0 Å². The Kier molecular flexibility index (Phi) is 3.39. The summed E-state index contributed by atoms with van der Waals surface area (Å²) in [5.41, 5.74) is 1.70. The van der Waals surface area contributed by atoms with E-state index >= 15 is 0 Å². The zero-order valence-electron chi connectivity index (χ0n) is 10.9. The third-order valence-corrected chi connectivity index (χ3v) is 3.75. The van der Waals surface area contributed by atoms with Gasteiger partial charge in [-0.15, -0.1) is 0 Å². The minimum Gasteiger partial charge on any atom is -0.478 e. The zero-order chi connectivity index (χ0) is 15.0. The monoisotopic (exact) mass is 303 g/mol. The van der Waals surface area contributed by atoms with Gasteiger partial charge >= 0.3 is 5.97 Å². The Bertz CT molecular complexity index is 841. The summed E-state index contributed by atoms with van der Waals surface area (Å²) in [4.78, 5) is 10.9. The minimum absolute atomic E-state index is 0.146. The highest BCUT2D eigenvalue weighted by atomic mass is 35.5. The van der Waals surface area contributed by atoms with E-state index in [4.69, 9.17) is 16.7 Å². The van der Waals surface area contributed by atoms with Gasteiger partial charge < -0.3 is 9.67 Å². The molecule has 0 fully saturated rings. The van der Waals surface area contributed by atoms with Crippen molar-refractivity contribution in [3.05, 3.63) is 70.6 Å². The predicted molar refractivity (Wildman–Crippen MR) is 79.4 cm³/mol. The van der Waals surface area contributed by atoms with Gasteiger partial charge in [-0.25, -0.2) is 9.18 Å². The lowest BCUT2D eigenvalue weighted by molar-refractivity contribution is 0.0697. The van der Waals surface area contributed by atoms with Crippen LogP contribution in [0.1, 0.15) is 15.9 Å². The van der Waals surface area contributed by atoms with Crippen molar-refractivity contribution in [1.29, 1.82) is 0 Å². The lowest BCUT2D eigenvalue weighted by atomic mass is 10.1. The molecular formula is C16H11ClFNO2. The molecule has 3 nitrogen and oxygen atoms in total. The van der Waals surface area contributed by atoms with Gasteiger partial charge in [-0.1, -0.05) is 23.7 Å². The second-order valence-electron chi connectivity index (χ2n) is 4.73. The lowest BCUT2D eigenvalue weighted by Crippen LogP contribution is -2.01. The molecule has 1 aromatic heterocycles. The van der Waals surface area contributed by atoms with E-state index in [0.29, 0.717) is 17.0 Å². The topological polar surface area (TPSA) is 42.2 Å². The Morgan fingerprint density at radius 3 is 2.76 bits per heavy atom. The highest BCUT2D eigenvalue weighted by Crippen LogP contribution is 2.23. The van der Waals surface area contributed by atoms with Crippen LogP contribution in [-0.4, -0.2) is 15.6 Å². The first-order valence-electron chi connectivity index (χ1n) is 6.31. The maximum absolute atomic E-state index is 13.7. The molecule has 0 saturated heterocycles. The molecule has 106 valence electrons. The quantitative estimate of drug-likeness (QED) is 0.788. The highest BCUT2D eigenvalue weighted by Gasteiger charge is 2.10. The van der Waals surface area contributed by atoms with Gasteiger partial charge in [-0.3, -0.25) is 0 Å². The number of hydrogen-bond acceptors (Lipinski definition) is 1. The molecule has 0 aliphatic heterocycles. The maximum atomic E-state index is 13.7. The maximum Gasteiger partial charge on any atom is 0.335 e. The van der Waals surface area contributed by atoms with Crippen LogP contribution in [0.4, 0.5) is 4.39 Å². The summed E-state index contributed by atoms with van der Waals surface area (Å²) in [7, 11) is 0. The SMILES string of the molecule is O=C(O)c1ccc(Cn2ccc3c(F)cccc32)c(Cl)c1. The Morgan fingerprint density at radius 2 is 2.05 bits per heavy atom. The number of rotatable bonds is 3. The molecule has 0 spiro atoms. The number of halogens is 2. The van der Waals surface area contributed by atoms with Gasteiger partial charge in [0.05, 0.1) is 11.1 Å².